The van der Waals surface area contributed by atoms with Gasteiger partial charge in [0, 0.05) is 6.42 Å². The Morgan fingerprint density at radius 1 is 0.485 bits per heavy atom. The van der Waals surface area contributed by atoms with Gasteiger partial charge in [-0.1, -0.05) is 142 Å². The van der Waals surface area contributed by atoms with E-state index in [-0.39, 0.29) is 18.9 Å². The highest BCUT2D eigenvalue weighted by molar-refractivity contribution is 5.76. The van der Waals surface area contributed by atoms with Crippen LogP contribution in [0.1, 0.15) is 162 Å². The lowest BCUT2D eigenvalue weighted by atomic mass is 9.96. The molecule has 0 aliphatic carbocycles. The second kappa shape index (κ2) is 33.4. The number of aliphatic hydroxyl groups excluding tert-OH is 11. The van der Waals surface area contributed by atoms with Crippen LogP contribution < -0.4 is 5.32 Å². The largest absolute Gasteiger partial charge is 0.394 e. The molecule has 0 radical (unpaired) electrons. The van der Waals surface area contributed by atoms with Crippen molar-refractivity contribution in [1.29, 1.82) is 0 Å². The van der Waals surface area contributed by atoms with Crippen LogP contribution in [-0.2, 0) is 33.2 Å². The van der Waals surface area contributed by atoms with Gasteiger partial charge in [0.15, 0.2) is 18.9 Å². The molecule has 19 nitrogen and oxygen atoms in total. The molecule has 3 aliphatic heterocycles. The quantitative estimate of drug-likeness (QED) is 0.0399. The molecule has 3 saturated heterocycles. The average Bonchev–Trinajstić information content (AvgIpc) is 3.31. The highest BCUT2D eigenvalue weighted by Crippen LogP contribution is 2.33. The van der Waals surface area contributed by atoms with Crippen molar-refractivity contribution in [1.82, 2.24) is 5.32 Å². The van der Waals surface area contributed by atoms with E-state index in [4.69, 9.17) is 28.4 Å². The number of rotatable bonds is 35. The molecule has 3 fully saturated rings. The topological polar surface area (TPSA) is 307 Å². The number of unbranched alkanes of at least 4 members (excludes halogenated alkanes) is 19. The van der Waals surface area contributed by atoms with Crippen LogP contribution >= 0.6 is 0 Å². The maximum absolute atomic E-state index is 13.1. The third-order valence-corrected chi connectivity index (χ3v) is 13.2. The molecule has 3 aliphatic rings. The predicted molar refractivity (Wildman–Crippen MR) is 240 cm³/mol. The maximum Gasteiger partial charge on any atom is 0.220 e. The Balaban J connectivity index is 1.53. The number of carbonyl (C=O) groups is 1. The molecule has 0 bridgehead atoms. The van der Waals surface area contributed by atoms with E-state index in [1.807, 2.05) is 0 Å². The first-order chi connectivity index (χ1) is 31.8. The lowest BCUT2D eigenvalue weighted by Gasteiger charge is -2.48. The molecule has 17 atom stereocenters. The normalized spacial score (nSPS) is 33.7. The minimum absolute atomic E-state index is 0.253. The van der Waals surface area contributed by atoms with E-state index in [1.165, 1.54) is 70.6 Å². The number of ether oxygens (including phenoxy) is 6. The summed E-state index contributed by atoms with van der Waals surface area (Å²) in [6.07, 6.45) is -1.72. The van der Waals surface area contributed by atoms with Gasteiger partial charge in [0.2, 0.25) is 5.91 Å². The Kier molecular flexibility index (Phi) is 29.9. The van der Waals surface area contributed by atoms with Crippen LogP contribution in [0.5, 0.6) is 0 Å². The number of amides is 1. The zero-order chi connectivity index (χ0) is 48.4. The molecule has 0 spiro atoms. The standard InChI is InChI=1S/C47H89NO18/c1-3-5-7-9-11-12-13-14-15-16-17-18-19-20-22-24-31(52)30(48-35(53)25-23-21-10-8-6-4-2)29-61-45-41(59)38(56)43(33(27-50)63-45)66-47-42(60)39(57)44(34(28-51)64-47)65-46-40(58)37(55)36(54)32(26-49)62-46/h30-34,36-47,49-52,54-60H,3-29H2,1-2H3,(H,48,53). The lowest BCUT2D eigenvalue weighted by molar-refractivity contribution is -0.379. The third-order valence-electron chi connectivity index (χ3n) is 13.2. The van der Waals surface area contributed by atoms with E-state index >= 15 is 0 Å². The Morgan fingerprint density at radius 2 is 0.864 bits per heavy atom. The summed E-state index contributed by atoms with van der Waals surface area (Å²) < 4.78 is 34.1. The van der Waals surface area contributed by atoms with Gasteiger partial charge in [0.1, 0.15) is 73.2 Å². The predicted octanol–water partition coefficient (Wildman–Crippen LogP) is 1.31. The average molecular weight is 956 g/mol. The van der Waals surface area contributed by atoms with Gasteiger partial charge in [-0.2, -0.15) is 0 Å². The number of aliphatic hydroxyl groups is 11. The van der Waals surface area contributed by atoms with Crippen LogP contribution in [0.25, 0.3) is 0 Å². The van der Waals surface area contributed by atoms with Crippen molar-refractivity contribution in [2.24, 2.45) is 0 Å². The first kappa shape index (κ1) is 59.1. The second-order valence-electron chi connectivity index (χ2n) is 18.6. The van der Waals surface area contributed by atoms with Crippen molar-refractivity contribution in [3.8, 4) is 0 Å². The summed E-state index contributed by atoms with van der Waals surface area (Å²) in [5.74, 6) is -0.253. The monoisotopic (exact) mass is 956 g/mol. The highest BCUT2D eigenvalue weighted by Gasteiger charge is 2.53. The molecule has 17 unspecified atom stereocenters. The Labute approximate surface area is 392 Å². The molecule has 0 aromatic rings. The van der Waals surface area contributed by atoms with Gasteiger partial charge >= 0.3 is 0 Å². The molecular weight excluding hydrogens is 867 g/mol. The molecule has 3 rings (SSSR count). The summed E-state index contributed by atoms with van der Waals surface area (Å²) in [5.41, 5.74) is 0. The molecule has 0 aromatic carbocycles. The fraction of sp³-hybridized carbons (Fsp3) is 0.979. The van der Waals surface area contributed by atoms with Gasteiger partial charge in [-0.25, -0.2) is 0 Å². The molecule has 66 heavy (non-hydrogen) atoms. The maximum atomic E-state index is 13.1. The highest BCUT2D eigenvalue weighted by atomic mass is 16.8. The van der Waals surface area contributed by atoms with Gasteiger partial charge < -0.3 is 89.9 Å². The zero-order valence-corrected chi connectivity index (χ0v) is 39.7. The van der Waals surface area contributed by atoms with E-state index in [0.29, 0.717) is 12.8 Å². The summed E-state index contributed by atoms with van der Waals surface area (Å²) in [7, 11) is 0. The van der Waals surface area contributed by atoms with Crippen molar-refractivity contribution in [2.45, 2.75) is 266 Å². The summed E-state index contributed by atoms with van der Waals surface area (Å²) in [6, 6.07) is -0.875. The van der Waals surface area contributed by atoms with Crippen molar-refractivity contribution in [3.63, 3.8) is 0 Å². The molecule has 1 amide bonds. The van der Waals surface area contributed by atoms with Crippen LogP contribution in [0, 0.1) is 0 Å². The van der Waals surface area contributed by atoms with Crippen LogP contribution in [0.3, 0.4) is 0 Å². The fourth-order valence-corrected chi connectivity index (χ4v) is 8.90. The second-order valence-corrected chi connectivity index (χ2v) is 18.6. The van der Waals surface area contributed by atoms with Gasteiger partial charge in [-0.3, -0.25) is 4.79 Å². The molecule has 3 heterocycles. The molecule has 0 saturated carbocycles. The minimum Gasteiger partial charge on any atom is -0.394 e. The van der Waals surface area contributed by atoms with Crippen LogP contribution in [0.2, 0.25) is 0 Å². The van der Waals surface area contributed by atoms with Crippen molar-refractivity contribution in [2.75, 3.05) is 26.4 Å². The minimum atomic E-state index is -1.97. The molecule has 12 N–H and O–H groups in total. The van der Waals surface area contributed by atoms with E-state index in [0.717, 1.165) is 57.8 Å². The molecular formula is C47H89NO18. The summed E-state index contributed by atoms with van der Waals surface area (Å²) in [4.78, 5) is 13.1. The SMILES string of the molecule is CCCCCCCCCCCCCCCCCC(O)C(COC1OC(CO)C(OC2OC(CO)C(OC3OC(CO)C(O)C(O)C3O)C(O)C2O)C(O)C1O)NC(=O)CCCCCCCC. The van der Waals surface area contributed by atoms with Gasteiger partial charge in [0.05, 0.1) is 38.6 Å². The number of hydrogen-bond acceptors (Lipinski definition) is 18. The van der Waals surface area contributed by atoms with Gasteiger partial charge in [-0.15, -0.1) is 0 Å². The Hall–Kier alpha value is -1.21. The Morgan fingerprint density at radius 3 is 1.32 bits per heavy atom. The molecule has 19 heteroatoms. The van der Waals surface area contributed by atoms with Crippen molar-refractivity contribution < 1.29 is 89.4 Å². The fourth-order valence-electron chi connectivity index (χ4n) is 8.90. The van der Waals surface area contributed by atoms with Crippen LogP contribution in [0.15, 0.2) is 0 Å². The molecule has 0 aromatic heterocycles. The molecule has 390 valence electrons. The first-order valence-electron chi connectivity index (χ1n) is 25.3. The van der Waals surface area contributed by atoms with Crippen molar-refractivity contribution >= 4 is 5.91 Å². The van der Waals surface area contributed by atoms with Gasteiger partial charge in [0.25, 0.3) is 0 Å². The van der Waals surface area contributed by atoms with Crippen LogP contribution in [-0.4, -0.2) is 193 Å². The number of hydrogen-bond donors (Lipinski definition) is 12. The van der Waals surface area contributed by atoms with E-state index < -0.39 is 124 Å². The van der Waals surface area contributed by atoms with E-state index in [9.17, 15) is 61.0 Å². The van der Waals surface area contributed by atoms with Gasteiger partial charge in [-0.05, 0) is 12.8 Å². The number of nitrogens with one attached hydrogen (secondary N) is 1. The summed E-state index contributed by atoms with van der Waals surface area (Å²) in [6.45, 7) is 1.68. The third kappa shape index (κ3) is 19.5. The summed E-state index contributed by atoms with van der Waals surface area (Å²) >= 11 is 0. The lowest BCUT2D eigenvalue weighted by Crippen LogP contribution is -2.66. The van der Waals surface area contributed by atoms with E-state index in [2.05, 4.69) is 19.2 Å². The Bertz CT molecular complexity index is 1240. The zero-order valence-electron chi connectivity index (χ0n) is 39.7. The smallest absolute Gasteiger partial charge is 0.220 e. The van der Waals surface area contributed by atoms with E-state index in [1.54, 1.807) is 0 Å². The van der Waals surface area contributed by atoms with Crippen LogP contribution in [0.4, 0.5) is 0 Å². The first-order valence-corrected chi connectivity index (χ1v) is 25.3. The number of carbonyl (C=O) groups excluding carboxylic acids is 1. The van der Waals surface area contributed by atoms with Crippen molar-refractivity contribution in [3.05, 3.63) is 0 Å². The summed E-state index contributed by atoms with van der Waals surface area (Å²) in [5, 5.41) is 119.